The smallest absolute Gasteiger partial charge is 0.425 e. The molecule has 0 spiro atoms. The Balaban J connectivity index is 2.22. The lowest BCUT2D eigenvalue weighted by Crippen LogP contribution is -2.71. The molecule has 11 heteroatoms. The van der Waals surface area contributed by atoms with Gasteiger partial charge in [0.2, 0.25) is 5.91 Å². The summed E-state index contributed by atoms with van der Waals surface area (Å²) in [6.45, 7) is 10.2. The number of hydrogen-bond donors (Lipinski definition) is 2. The molecular weight excluding hydrogens is 420 g/mol. The largest absolute Gasteiger partial charge is 0.467 e. The van der Waals surface area contributed by atoms with Crippen molar-refractivity contribution in [3.05, 3.63) is 23.9 Å². The van der Waals surface area contributed by atoms with Gasteiger partial charge in [-0.3, -0.25) is 10.1 Å². The van der Waals surface area contributed by atoms with Crippen molar-refractivity contribution in [2.75, 3.05) is 12.0 Å². The average Bonchev–Trinajstić information content (AvgIpc) is 2.63. The maximum absolute atomic E-state index is 12.8. The van der Waals surface area contributed by atoms with Crippen LogP contribution in [0.2, 0.25) is 0 Å². The van der Waals surface area contributed by atoms with Gasteiger partial charge in [0.15, 0.2) is 6.04 Å². The number of aromatic nitrogens is 1. The Morgan fingerprint density at radius 1 is 1.09 bits per heavy atom. The molecule has 176 valence electrons. The summed E-state index contributed by atoms with van der Waals surface area (Å²) in [5.74, 6) is -0.896. The van der Waals surface area contributed by atoms with E-state index in [-0.39, 0.29) is 18.3 Å². The zero-order valence-corrected chi connectivity index (χ0v) is 19.3. The molecule has 0 bridgehead atoms. The van der Waals surface area contributed by atoms with Crippen molar-refractivity contribution in [2.45, 2.75) is 71.4 Å². The summed E-state index contributed by atoms with van der Waals surface area (Å²) < 4.78 is 15.3. The molecule has 11 nitrogen and oxygen atoms in total. The van der Waals surface area contributed by atoms with Crippen LogP contribution in [0.5, 0.6) is 0 Å². The first-order chi connectivity index (χ1) is 14.7. The number of methoxy groups -OCH3 is 1. The maximum Gasteiger partial charge on any atom is 0.425 e. The van der Waals surface area contributed by atoms with Crippen LogP contribution in [0.25, 0.3) is 0 Å². The van der Waals surface area contributed by atoms with E-state index in [4.69, 9.17) is 9.47 Å². The number of carbonyl (C=O) groups excluding carboxylic acids is 4. The number of amides is 3. The van der Waals surface area contributed by atoms with E-state index in [0.717, 1.165) is 0 Å². The first kappa shape index (κ1) is 25.1. The highest BCUT2D eigenvalue weighted by Gasteiger charge is 2.44. The highest BCUT2D eigenvalue weighted by Crippen LogP contribution is 2.21. The molecule has 0 radical (unpaired) electrons. The Bertz CT molecular complexity index is 861. The predicted octanol–water partition coefficient (Wildman–Crippen LogP) is 1.89. The summed E-state index contributed by atoms with van der Waals surface area (Å²) in [7, 11) is 1.24. The molecule has 2 atom stereocenters. The summed E-state index contributed by atoms with van der Waals surface area (Å²) >= 11 is 0. The van der Waals surface area contributed by atoms with Crippen molar-refractivity contribution in [1.82, 2.24) is 15.6 Å². The molecule has 2 heterocycles. The van der Waals surface area contributed by atoms with Gasteiger partial charge in [-0.2, -0.15) is 4.90 Å². The number of carbonyl (C=O) groups is 4. The summed E-state index contributed by atoms with van der Waals surface area (Å²) in [5, 5.41) is 5.42. The van der Waals surface area contributed by atoms with Crippen LogP contribution in [0.3, 0.4) is 0 Å². The van der Waals surface area contributed by atoms with Gasteiger partial charge in [0.05, 0.1) is 7.11 Å². The quantitative estimate of drug-likeness (QED) is 0.391. The standard InChI is InChI=1S/C21H30N4O7/c1-20(2,3)31-18(28)25(19(29)32-21(4,5)6)13-10-12(8-9-22-13)11-23-14-15(17(27)30-7)24-16(14)26/h8-10,14-15,23H,11H2,1-7H3,(H,24,26)/t14-,15+/m1/s1. The fraction of sp³-hybridized carbons (Fsp3) is 0.571. The molecule has 0 saturated carbocycles. The van der Waals surface area contributed by atoms with Gasteiger partial charge in [-0.15, -0.1) is 0 Å². The Kier molecular flexibility index (Phi) is 7.45. The van der Waals surface area contributed by atoms with E-state index < -0.39 is 41.4 Å². The second kappa shape index (κ2) is 9.51. The zero-order chi connectivity index (χ0) is 24.3. The summed E-state index contributed by atoms with van der Waals surface area (Å²) in [5.41, 5.74) is -1.09. The second-order valence-electron chi connectivity index (χ2n) is 9.19. The Labute approximate surface area is 186 Å². The minimum absolute atomic E-state index is 0.00428. The van der Waals surface area contributed by atoms with E-state index in [1.54, 1.807) is 47.6 Å². The molecule has 32 heavy (non-hydrogen) atoms. The number of pyridine rings is 1. The third kappa shape index (κ3) is 6.64. The lowest BCUT2D eigenvalue weighted by atomic mass is 9.99. The van der Waals surface area contributed by atoms with Crippen LogP contribution >= 0.6 is 0 Å². The normalized spacial score (nSPS) is 18.2. The number of anilines is 1. The van der Waals surface area contributed by atoms with Gasteiger partial charge in [-0.05, 0) is 59.2 Å². The Morgan fingerprint density at radius 2 is 1.66 bits per heavy atom. The topological polar surface area (TPSA) is 136 Å². The third-order valence-corrected chi connectivity index (χ3v) is 4.09. The van der Waals surface area contributed by atoms with Gasteiger partial charge in [-0.1, -0.05) is 0 Å². The lowest BCUT2D eigenvalue weighted by molar-refractivity contribution is -0.153. The van der Waals surface area contributed by atoms with E-state index >= 15 is 0 Å². The van der Waals surface area contributed by atoms with E-state index in [9.17, 15) is 19.2 Å². The van der Waals surface area contributed by atoms with E-state index in [0.29, 0.717) is 10.5 Å². The number of imide groups is 1. The first-order valence-electron chi connectivity index (χ1n) is 10.0. The average molecular weight is 450 g/mol. The zero-order valence-electron chi connectivity index (χ0n) is 19.3. The molecule has 0 aliphatic carbocycles. The lowest BCUT2D eigenvalue weighted by Gasteiger charge is -2.35. The van der Waals surface area contributed by atoms with E-state index in [1.807, 2.05) is 0 Å². The third-order valence-electron chi connectivity index (χ3n) is 4.09. The van der Waals surface area contributed by atoms with E-state index in [1.165, 1.54) is 19.4 Å². The maximum atomic E-state index is 12.8. The predicted molar refractivity (Wildman–Crippen MR) is 114 cm³/mol. The number of ether oxygens (including phenoxy) is 3. The van der Waals surface area contributed by atoms with Crippen molar-refractivity contribution in [1.29, 1.82) is 0 Å². The fourth-order valence-electron chi connectivity index (χ4n) is 2.71. The van der Waals surface area contributed by atoms with Crippen molar-refractivity contribution < 1.29 is 33.4 Å². The summed E-state index contributed by atoms with van der Waals surface area (Å²) in [6, 6.07) is 1.59. The fourth-order valence-corrected chi connectivity index (χ4v) is 2.71. The van der Waals surface area contributed by atoms with Crippen LogP contribution in [-0.2, 0) is 30.3 Å². The number of hydrogen-bond acceptors (Lipinski definition) is 9. The molecule has 1 aromatic rings. The van der Waals surface area contributed by atoms with Crippen molar-refractivity contribution in [2.24, 2.45) is 0 Å². The molecule has 1 aliphatic rings. The SMILES string of the molecule is COC(=O)[C@H]1NC(=O)[C@@H]1NCc1ccnc(N(C(=O)OC(C)(C)C)C(=O)OC(C)(C)C)c1. The Hall–Kier alpha value is -3.21. The molecule has 0 unspecified atom stereocenters. The molecule has 0 aromatic carbocycles. The number of β-lactam (4-membered cyclic amide) rings is 1. The van der Waals surface area contributed by atoms with Crippen LogP contribution < -0.4 is 15.5 Å². The number of nitrogens with one attached hydrogen (secondary N) is 2. The molecule has 1 aromatic heterocycles. The minimum atomic E-state index is -0.937. The Morgan fingerprint density at radius 3 is 2.12 bits per heavy atom. The minimum Gasteiger partial charge on any atom is -0.467 e. The molecular formula is C21H30N4O7. The van der Waals surface area contributed by atoms with Gasteiger partial charge in [0.25, 0.3) is 0 Å². The van der Waals surface area contributed by atoms with Crippen LogP contribution in [0, 0.1) is 0 Å². The van der Waals surface area contributed by atoms with Crippen LogP contribution in [0.4, 0.5) is 15.4 Å². The summed E-state index contributed by atoms with van der Waals surface area (Å²) in [4.78, 5) is 53.8. The molecule has 1 fully saturated rings. The molecule has 2 rings (SSSR count). The number of rotatable bonds is 5. The monoisotopic (exact) mass is 450 g/mol. The first-order valence-corrected chi connectivity index (χ1v) is 10.0. The molecule has 3 amide bonds. The highest BCUT2D eigenvalue weighted by atomic mass is 16.6. The molecule has 1 saturated heterocycles. The van der Waals surface area contributed by atoms with Crippen molar-refractivity contribution in [3.63, 3.8) is 0 Å². The van der Waals surface area contributed by atoms with Crippen LogP contribution in [-0.4, -0.2) is 59.4 Å². The second-order valence-corrected chi connectivity index (χ2v) is 9.19. The van der Waals surface area contributed by atoms with Gasteiger partial charge in [-0.25, -0.2) is 19.4 Å². The number of nitrogens with zero attached hydrogens (tertiary/aromatic N) is 2. The van der Waals surface area contributed by atoms with Gasteiger partial charge < -0.3 is 19.5 Å². The number of esters is 1. The van der Waals surface area contributed by atoms with E-state index in [2.05, 4.69) is 20.4 Å². The van der Waals surface area contributed by atoms with Crippen LogP contribution in [0.15, 0.2) is 18.3 Å². The van der Waals surface area contributed by atoms with Crippen LogP contribution in [0.1, 0.15) is 47.1 Å². The van der Waals surface area contributed by atoms with Gasteiger partial charge in [0.1, 0.15) is 23.1 Å². The van der Waals surface area contributed by atoms with Crippen molar-refractivity contribution in [3.8, 4) is 0 Å². The molecule has 1 aliphatic heterocycles. The van der Waals surface area contributed by atoms with Gasteiger partial charge in [0, 0.05) is 12.7 Å². The van der Waals surface area contributed by atoms with Crippen molar-refractivity contribution >= 4 is 29.9 Å². The highest BCUT2D eigenvalue weighted by molar-refractivity contribution is 6.08. The van der Waals surface area contributed by atoms with Gasteiger partial charge >= 0.3 is 18.2 Å². The summed E-state index contributed by atoms with van der Waals surface area (Å²) in [6.07, 6.45) is -0.464. The molecule has 2 N–H and O–H groups in total.